The predicted octanol–water partition coefficient (Wildman–Crippen LogP) is 1.03. The third-order valence-electron chi connectivity index (χ3n) is 4.40. The van der Waals surface area contributed by atoms with Crippen molar-refractivity contribution in [1.82, 2.24) is 10.2 Å². The molecular weight excluding hydrogens is 220 g/mol. The van der Waals surface area contributed by atoms with Crippen molar-refractivity contribution >= 4 is 17.8 Å². The Morgan fingerprint density at radius 1 is 1.24 bits per heavy atom. The van der Waals surface area contributed by atoms with Gasteiger partial charge in [-0.05, 0) is 31.6 Å². The highest BCUT2D eigenvalue weighted by molar-refractivity contribution is 6.21. The van der Waals surface area contributed by atoms with Gasteiger partial charge in [-0.15, -0.1) is 0 Å². The maximum atomic E-state index is 12.3. The lowest BCUT2D eigenvalue weighted by molar-refractivity contribution is -0.146. The Labute approximate surface area is 99.5 Å². The molecule has 5 heteroatoms. The van der Waals surface area contributed by atoms with E-state index in [0.717, 1.165) is 19.3 Å². The summed E-state index contributed by atoms with van der Waals surface area (Å²) in [4.78, 5) is 37.1. The van der Waals surface area contributed by atoms with Crippen LogP contribution in [0.2, 0.25) is 0 Å². The second-order valence-corrected chi connectivity index (χ2v) is 5.49. The first-order chi connectivity index (χ1) is 8.06. The second kappa shape index (κ2) is 3.31. The number of urea groups is 1. The average molecular weight is 236 g/mol. The molecule has 2 aliphatic carbocycles. The molecule has 1 heterocycles. The maximum Gasteiger partial charge on any atom is 0.331 e. The molecule has 0 aromatic rings. The van der Waals surface area contributed by atoms with Crippen LogP contribution in [0.15, 0.2) is 0 Å². The van der Waals surface area contributed by atoms with E-state index in [1.165, 1.54) is 4.90 Å². The van der Waals surface area contributed by atoms with E-state index in [9.17, 15) is 14.4 Å². The lowest BCUT2D eigenvalue weighted by Crippen LogP contribution is -2.62. The number of imide groups is 2. The number of barbiturate groups is 1. The fourth-order valence-corrected chi connectivity index (χ4v) is 3.07. The van der Waals surface area contributed by atoms with Gasteiger partial charge in [0.05, 0.1) is 0 Å². The molecule has 17 heavy (non-hydrogen) atoms. The Kier molecular flexibility index (Phi) is 2.09. The summed E-state index contributed by atoms with van der Waals surface area (Å²) >= 11 is 0. The van der Waals surface area contributed by atoms with E-state index in [4.69, 9.17) is 0 Å². The Hall–Kier alpha value is -1.39. The summed E-state index contributed by atoms with van der Waals surface area (Å²) in [5.74, 6) is -0.312. The van der Waals surface area contributed by atoms with E-state index >= 15 is 0 Å². The first-order valence-corrected chi connectivity index (χ1v) is 6.25. The minimum absolute atomic E-state index is 0.0203. The normalized spacial score (nSPS) is 35.4. The third-order valence-corrected chi connectivity index (χ3v) is 4.40. The van der Waals surface area contributed by atoms with Crippen LogP contribution in [-0.4, -0.2) is 28.8 Å². The fourth-order valence-electron chi connectivity index (χ4n) is 3.07. The van der Waals surface area contributed by atoms with Crippen LogP contribution >= 0.6 is 0 Å². The Morgan fingerprint density at radius 2 is 1.94 bits per heavy atom. The number of hydrogen-bond donors (Lipinski definition) is 1. The van der Waals surface area contributed by atoms with E-state index in [1.807, 2.05) is 0 Å². The number of nitrogens with zero attached hydrogens (tertiary/aromatic N) is 1. The zero-order valence-electron chi connectivity index (χ0n) is 9.86. The van der Waals surface area contributed by atoms with Gasteiger partial charge in [0, 0.05) is 6.04 Å². The Bertz CT molecular complexity index is 414. The standard InChI is InChI=1S/C12H16N2O3/c1-7-3-2-4-8(7)14-10(16)12(5-6-12)9(15)13-11(14)17/h7-8H,2-6H2,1H3,(H,13,15,17). The number of rotatable bonds is 1. The summed E-state index contributed by atoms with van der Waals surface area (Å²) in [7, 11) is 0. The molecule has 1 aliphatic heterocycles. The Balaban J connectivity index is 1.91. The molecule has 1 saturated heterocycles. The van der Waals surface area contributed by atoms with Crippen LogP contribution in [0.4, 0.5) is 4.79 Å². The van der Waals surface area contributed by atoms with Crippen molar-refractivity contribution in [2.24, 2.45) is 11.3 Å². The van der Waals surface area contributed by atoms with Crippen molar-refractivity contribution in [3.63, 3.8) is 0 Å². The molecular formula is C12H16N2O3. The van der Waals surface area contributed by atoms with Gasteiger partial charge in [0.2, 0.25) is 11.8 Å². The maximum absolute atomic E-state index is 12.3. The van der Waals surface area contributed by atoms with Crippen molar-refractivity contribution in [1.29, 1.82) is 0 Å². The third kappa shape index (κ3) is 1.34. The van der Waals surface area contributed by atoms with Crippen LogP contribution in [0.5, 0.6) is 0 Å². The zero-order valence-corrected chi connectivity index (χ0v) is 9.86. The number of carbonyl (C=O) groups excluding carboxylic acids is 3. The van der Waals surface area contributed by atoms with Gasteiger partial charge in [0.15, 0.2) is 0 Å². The largest absolute Gasteiger partial charge is 0.331 e. The second-order valence-electron chi connectivity index (χ2n) is 5.49. The molecule has 4 amide bonds. The van der Waals surface area contributed by atoms with Gasteiger partial charge in [0.25, 0.3) is 0 Å². The van der Waals surface area contributed by atoms with E-state index in [2.05, 4.69) is 12.2 Å². The smallest absolute Gasteiger partial charge is 0.277 e. The molecule has 3 aliphatic rings. The number of nitrogens with one attached hydrogen (secondary N) is 1. The molecule has 0 aromatic heterocycles. The van der Waals surface area contributed by atoms with E-state index in [1.54, 1.807) is 0 Å². The van der Waals surface area contributed by atoms with Crippen molar-refractivity contribution in [3.05, 3.63) is 0 Å². The highest BCUT2D eigenvalue weighted by atomic mass is 16.2. The fraction of sp³-hybridized carbons (Fsp3) is 0.750. The first-order valence-electron chi connectivity index (χ1n) is 6.25. The highest BCUT2D eigenvalue weighted by Gasteiger charge is 2.63. The minimum Gasteiger partial charge on any atom is -0.277 e. The summed E-state index contributed by atoms with van der Waals surface area (Å²) in [6, 6.07) is -0.538. The molecule has 2 saturated carbocycles. The van der Waals surface area contributed by atoms with Gasteiger partial charge < -0.3 is 0 Å². The van der Waals surface area contributed by atoms with Crippen molar-refractivity contribution < 1.29 is 14.4 Å². The number of carbonyl (C=O) groups is 3. The molecule has 5 nitrogen and oxygen atoms in total. The van der Waals surface area contributed by atoms with Gasteiger partial charge >= 0.3 is 6.03 Å². The summed E-state index contributed by atoms with van der Waals surface area (Å²) in [5, 5.41) is 2.34. The van der Waals surface area contributed by atoms with E-state index in [-0.39, 0.29) is 11.9 Å². The van der Waals surface area contributed by atoms with Crippen LogP contribution in [0.3, 0.4) is 0 Å². The molecule has 1 N–H and O–H groups in total. The van der Waals surface area contributed by atoms with Crippen LogP contribution in [0.25, 0.3) is 0 Å². The van der Waals surface area contributed by atoms with Crippen LogP contribution in [-0.2, 0) is 9.59 Å². The lowest BCUT2D eigenvalue weighted by atomic mass is 9.97. The first kappa shape index (κ1) is 10.7. The molecule has 2 unspecified atom stereocenters. The molecule has 2 atom stereocenters. The van der Waals surface area contributed by atoms with Gasteiger partial charge in [-0.1, -0.05) is 13.3 Å². The molecule has 0 radical (unpaired) electrons. The average Bonchev–Trinajstić information content (AvgIpc) is 2.98. The SMILES string of the molecule is CC1CCCC1N1C(=O)NC(=O)C2(CC2)C1=O. The Morgan fingerprint density at radius 3 is 2.47 bits per heavy atom. The van der Waals surface area contributed by atoms with Crippen LogP contribution < -0.4 is 5.32 Å². The van der Waals surface area contributed by atoms with Crippen LogP contribution in [0, 0.1) is 11.3 Å². The summed E-state index contributed by atoms with van der Waals surface area (Å²) in [5.41, 5.74) is -0.893. The lowest BCUT2D eigenvalue weighted by Gasteiger charge is -2.36. The molecule has 1 spiro atoms. The van der Waals surface area contributed by atoms with E-state index in [0.29, 0.717) is 18.8 Å². The summed E-state index contributed by atoms with van der Waals surface area (Å²) < 4.78 is 0. The van der Waals surface area contributed by atoms with E-state index < -0.39 is 17.4 Å². The van der Waals surface area contributed by atoms with Gasteiger partial charge in [-0.3, -0.25) is 19.8 Å². The highest BCUT2D eigenvalue weighted by Crippen LogP contribution is 2.50. The summed E-state index contributed by atoms with van der Waals surface area (Å²) in [6.45, 7) is 2.06. The molecule has 0 aromatic carbocycles. The number of amides is 4. The van der Waals surface area contributed by atoms with Gasteiger partial charge in [-0.2, -0.15) is 0 Å². The monoisotopic (exact) mass is 236 g/mol. The minimum atomic E-state index is -0.893. The van der Waals surface area contributed by atoms with Crippen molar-refractivity contribution in [3.8, 4) is 0 Å². The van der Waals surface area contributed by atoms with Crippen molar-refractivity contribution in [2.45, 2.75) is 45.1 Å². The predicted molar refractivity (Wildman–Crippen MR) is 58.9 cm³/mol. The number of hydrogen-bond acceptors (Lipinski definition) is 3. The summed E-state index contributed by atoms with van der Waals surface area (Å²) in [6.07, 6.45) is 4.13. The van der Waals surface area contributed by atoms with Crippen LogP contribution in [0.1, 0.15) is 39.0 Å². The quantitative estimate of drug-likeness (QED) is 0.691. The van der Waals surface area contributed by atoms with Gasteiger partial charge in [0.1, 0.15) is 5.41 Å². The molecule has 0 bridgehead atoms. The molecule has 3 rings (SSSR count). The topological polar surface area (TPSA) is 66.5 Å². The van der Waals surface area contributed by atoms with Crippen molar-refractivity contribution in [2.75, 3.05) is 0 Å². The van der Waals surface area contributed by atoms with Gasteiger partial charge in [-0.25, -0.2) is 4.79 Å². The molecule has 92 valence electrons. The zero-order chi connectivity index (χ0) is 12.2. The molecule has 3 fully saturated rings.